The Kier molecular flexibility index (Phi) is 6.63. The van der Waals surface area contributed by atoms with E-state index in [0.717, 1.165) is 17.0 Å². The van der Waals surface area contributed by atoms with Gasteiger partial charge >= 0.3 is 0 Å². The molecule has 1 amide bonds. The van der Waals surface area contributed by atoms with E-state index in [0.29, 0.717) is 18.9 Å². The second kappa shape index (κ2) is 7.73. The molecule has 1 aromatic carbocycles. The summed E-state index contributed by atoms with van der Waals surface area (Å²) in [6.45, 7) is 0.558. The van der Waals surface area contributed by atoms with Gasteiger partial charge in [0.15, 0.2) is 0 Å². The van der Waals surface area contributed by atoms with Gasteiger partial charge in [-0.1, -0.05) is 23.7 Å². The third kappa shape index (κ3) is 5.01. The first kappa shape index (κ1) is 16.3. The molecule has 0 aliphatic heterocycles. The molecule has 0 aromatic heterocycles. The van der Waals surface area contributed by atoms with Crippen LogP contribution in [0, 0.1) is 5.92 Å². The van der Waals surface area contributed by atoms with Crippen molar-refractivity contribution in [2.75, 3.05) is 6.54 Å². The summed E-state index contributed by atoms with van der Waals surface area (Å²) in [6.07, 6.45) is 3.62. The van der Waals surface area contributed by atoms with E-state index in [9.17, 15) is 4.79 Å². The highest BCUT2D eigenvalue weighted by atomic mass is 35.5. The summed E-state index contributed by atoms with van der Waals surface area (Å²) >= 11 is 5.88. The van der Waals surface area contributed by atoms with Gasteiger partial charge in [0.05, 0.1) is 6.04 Å². The van der Waals surface area contributed by atoms with E-state index in [4.69, 9.17) is 17.3 Å². The molecular weight excluding hydrogens is 283 g/mol. The van der Waals surface area contributed by atoms with E-state index in [1.54, 1.807) is 0 Å². The number of nitrogens with two attached hydrogens (primary N) is 1. The minimum atomic E-state index is 0. The predicted octanol–water partition coefficient (Wildman–Crippen LogP) is 3.07. The zero-order valence-corrected chi connectivity index (χ0v) is 12.3. The first-order chi connectivity index (χ1) is 8.70. The standard InChI is InChI=1S/C14H19ClN2O.ClH/c15-12-7-5-11(6-8-12)14(10-3-4-10)17-13(18)2-1-9-16;/h5-8,10,14H,1-4,9,16H2,(H,17,18);1H. The zero-order chi connectivity index (χ0) is 13.0. The van der Waals surface area contributed by atoms with Gasteiger partial charge in [-0.25, -0.2) is 0 Å². The van der Waals surface area contributed by atoms with Crippen LogP contribution < -0.4 is 11.1 Å². The molecule has 1 fully saturated rings. The maximum atomic E-state index is 11.8. The molecular formula is C14H20Cl2N2O. The number of hydrogen-bond acceptors (Lipinski definition) is 2. The van der Waals surface area contributed by atoms with Crippen molar-refractivity contribution in [1.82, 2.24) is 5.32 Å². The van der Waals surface area contributed by atoms with Crippen molar-refractivity contribution in [1.29, 1.82) is 0 Å². The Morgan fingerprint density at radius 1 is 1.37 bits per heavy atom. The van der Waals surface area contributed by atoms with Gasteiger partial charge in [0.25, 0.3) is 0 Å². The van der Waals surface area contributed by atoms with Crippen molar-refractivity contribution in [2.45, 2.75) is 31.7 Å². The summed E-state index contributed by atoms with van der Waals surface area (Å²) in [5, 5.41) is 3.84. The van der Waals surface area contributed by atoms with Crippen molar-refractivity contribution in [3.05, 3.63) is 34.9 Å². The predicted molar refractivity (Wildman–Crippen MR) is 80.6 cm³/mol. The number of benzene rings is 1. The lowest BCUT2D eigenvalue weighted by Gasteiger charge is -2.19. The number of halogens is 2. The van der Waals surface area contributed by atoms with E-state index in [-0.39, 0.29) is 24.4 Å². The fourth-order valence-corrected chi connectivity index (χ4v) is 2.21. The Labute approximate surface area is 125 Å². The molecule has 0 bridgehead atoms. The average molecular weight is 303 g/mol. The summed E-state index contributed by atoms with van der Waals surface area (Å²) in [6, 6.07) is 7.87. The van der Waals surface area contributed by atoms with E-state index in [1.165, 1.54) is 12.8 Å². The number of amides is 1. The molecule has 1 unspecified atom stereocenters. The Hall–Kier alpha value is -0.770. The van der Waals surface area contributed by atoms with Crippen molar-refractivity contribution in [3.63, 3.8) is 0 Å². The van der Waals surface area contributed by atoms with Crippen LogP contribution >= 0.6 is 24.0 Å². The Morgan fingerprint density at radius 2 is 2.00 bits per heavy atom. The fraction of sp³-hybridized carbons (Fsp3) is 0.500. The molecule has 1 aliphatic carbocycles. The smallest absolute Gasteiger partial charge is 0.220 e. The third-order valence-electron chi connectivity index (χ3n) is 3.25. The Bertz CT molecular complexity index is 404. The van der Waals surface area contributed by atoms with Crippen LogP contribution in [0.15, 0.2) is 24.3 Å². The maximum absolute atomic E-state index is 11.8. The molecule has 2 rings (SSSR count). The monoisotopic (exact) mass is 302 g/mol. The Morgan fingerprint density at radius 3 is 2.53 bits per heavy atom. The van der Waals surface area contributed by atoms with Crippen molar-refractivity contribution in [3.8, 4) is 0 Å². The van der Waals surface area contributed by atoms with Crippen LogP contribution in [0.3, 0.4) is 0 Å². The fourth-order valence-electron chi connectivity index (χ4n) is 2.08. The highest BCUT2D eigenvalue weighted by molar-refractivity contribution is 6.30. The molecule has 3 N–H and O–H groups in total. The van der Waals surface area contributed by atoms with Crippen LogP contribution in [-0.4, -0.2) is 12.5 Å². The van der Waals surface area contributed by atoms with E-state index < -0.39 is 0 Å². The SMILES string of the molecule is Cl.NCCCC(=O)NC(c1ccc(Cl)cc1)C1CC1. The molecule has 19 heavy (non-hydrogen) atoms. The molecule has 1 saturated carbocycles. The van der Waals surface area contributed by atoms with Gasteiger partial charge in [0, 0.05) is 11.4 Å². The average Bonchev–Trinajstić information content (AvgIpc) is 3.19. The summed E-state index contributed by atoms with van der Waals surface area (Å²) in [5.74, 6) is 0.667. The molecule has 0 spiro atoms. The topological polar surface area (TPSA) is 55.1 Å². The molecule has 0 radical (unpaired) electrons. The summed E-state index contributed by atoms with van der Waals surface area (Å²) in [5.41, 5.74) is 6.55. The number of carbonyl (C=O) groups excluding carboxylic acids is 1. The van der Waals surface area contributed by atoms with E-state index in [1.807, 2.05) is 24.3 Å². The number of rotatable bonds is 6. The van der Waals surface area contributed by atoms with Gasteiger partial charge < -0.3 is 11.1 Å². The highest BCUT2D eigenvalue weighted by Crippen LogP contribution is 2.41. The van der Waals surface area contributed by atoms with Gasteiger partial charge in [-0.3, -0.25) is 4.79 Å². The molecule has 0 saturated heterocycles. The molecule has 106 valence electrons. The van der Waals surface area contributed by atoms with Crippen LogP contribution in [-0.2, 0) is 4.79 Å². The van der Waals surface area contributed by atoms with Gasteiger partial charge in [-0.15, -0.1) is 12.4 Å². The van der Waals surface area contributed by atoms with Crippen LogP contribution in [0.5, 0.6) is 0 Å². The summed E-state index contributed by atoms with van der Waals surface area (Å²) in [4.78, 5) is 11.8. The van der Waals surface area contributed by atoms with Crippen molar-refractivity contribution in [2.24, 2.45) is 11.7 Å². The largest absolute Gasteiger partial charge is 0.349 e. The lowest BCUT2D eigenvalue weighted by Crippen LogP contribution is -2.30. The van der Waals surface area contributed by atoms with Crippen LogP contribution in [0.4, 0.5) is 0 Å². The molecule has 0 heterocycles. The number of carbonyl (C=O) groups is 1. The van der Waals surface area contributed by atoms with Crippen LogP contribution in [0.2, 0.25) is 5.02 Å². The molecule has 1 atom stereocenters. The van der Waals surface area contributed by atoms with Crippen LogP contribution in [0.1, 0.15) is 37.3 Å². The van der Waals surface area contributed by atoms with Crippen molar-refractivity contribution < 1.29 is 4.79 Å². The second-order valence-electron chi connectivity index (χ2n) is 4.83. The molecule has 1 aromatic rings. The molecule has 5 heteroatoms. The summed E-state index contributed by atoms with van der Waals surface area (Å²) in [7, 11) is 0. The normalized spacial score (nSPS) is 15.5. The third-order valence-corrected chi connectivity index (χ3v) is 3.50. The first-order valence-corrected chi connectivity index (χ1v) is 6.83. The van der Waals surface area contributed by atoms with Gasteiger partial charge in [-0.05, 0) is 49.4 Å². The lowest BCUT2D eigenvalue weighted by molar-refractivity contribution is -0.122. The van der Waals surface area contributed by atoms with Gasteiger partial charge in [0.2, 0.25) is 5.91 Å². The highest BCUT2D eigenvalue weighted by Gasteiger charge is 2.33. The van der Waals surface area contributed by atoms with Crippen molar-refractivity contribution >= 4 is 29.9 Å². The number of hydrogen-bond donors (Lipinski definition) is 2. The molecule has 1 aliphatic rings. The lowest BCUT2D eigenvalue weighted by atomic mass is 10.0. The van der Waals surface area contributed by atoms with E-state index in [2.05, 4.69) is 5.32 Å². The maximum Gasteiger partial charge on any atom is 0.220 e. The van der Waals surface area contributed by atoms with E-state index >= 15 is 0 Å². The Balaban J connectivity index is 0.00000180. The van der Waals surface area contributed by atoms with Crippen LogP contribution in [0.25, 0.3) is 0 Å². The minimum absolute atomic E-state index is 0. The van der Waals surface area contributed by atoms with Gasteiger partial charge in [0.1, 0.15) is 0 Å². The first-order valence-electron chi connectivity index (χ1n) is 6.45. The number of nitrogens with one attached hydrogen (secondary N) is 1. The minimum Gasteiger partial charge on any atom is -0.349 e. The summed E-state index contributed by atoms with van der Waals surface area (Å²) < 4.78 is 0. The molecule has 3 nitrogen and oxygen atoms in total. The second-order valence-corrected chi connectivity index (χ2v) is 5.26. The van der Waals surface area contributed by atoms with Gasteiger partial charge in [-0.2, -0.15) is 0 Å². The quantitative estimate of drug-likeness (QED) is 0.848. The zero-order valence-electron chi connectivity index (χ0n) is 10.8.